The van der Waals surface area contributed by atoms with Gasteiger partial charge in [-0.1, -0.05) is 12.1 Å². The number of benzene rings is 1. The number of carbonyl (C=O) groups is 1. The molecule has 1 aliphatic rings. The molecule has 1 aromatic rings. The van der Waals surface area contributed by atoms with Gasteiger partial charge in [0.05, 0.1) is 5.41 Å². The fourth-order valence-electron chi connectivity index (χ4n) is 2.77. The molecule has 116 valence electrons. The third-order valence-electron chi connectivity index (χ3n) is 4.50. The molecule has 4 nitrogen and oxygen atoms in total. The second-order valence-corrected chi connectivity index (χ2v) is 6.41. The highest BCUT2D eigenvalue weighted by molar-refractivity contribution is 5.87. The van der Waals surface area contributed by atoms with Gasteiger partial charge in [-0.2, -0.15) is 0 Å². The van der Waals surface area contributed by atoms with Gasteiger partial charge in [0.2, 0.25) is 5.91 Å². The van der Waals surface area contributed by atoms with E-state index >= 15 is 0 Å². The molecule has 0 bridgehead atoms. The van der Waals surface area contributed by atoms with Gasteiger partial charge in [-0.15, -0.1) is 0 Å². The highest BCUT2D eigenvalue weighted by Crippen LogP contribution is 2.32. The van der Waals surface area contributed by atoms with Crippen molar-refractivity contribution in [2.24, 2.45) is 0 Å². The molecule has 3 N–H and O–H groups in total. The van der Waals surface area contributed by atoms with E-state index in [4.69, 9.17) is 10.8 Å². The van der Waals surface area contributed by atoms with E-state index in [1.807, 2.05) is 43.0 Å². The molecule has 0 aromatic heterocycles. The summed E-state index contributed by atoms with van der Waals surface area (Å²) in [7, 11) is 0. The Morgan fingerprint density at radius 1 is 1.33 bits per heavy atom. The maximum atomic E-state index is 13.0. The van der Waals surface area contributed by atoms with Crippen LogP contribution in [0.1, 0.15) is 45.1 Å². The first-order valence-electron chi connectivity index (χ1n) is 7.74. The number of nitrogen functional groups attached to an aromatic ring is 1. The van der Waals surface area contributed by atoms with E-state index < -0.39 is 5.41 Å². The van der Waals surface area contributed by atoms with Crippen molar-refractivity contribution >= 4 is 11.6 Å². The average Bonchev–Trinajstić information content (AvgIpc) is 2.41. The van der Waals surface area contributed by atoms with Crippen molar-refractivity contribution in [2.45, 2.75) is 51.0 Å². The monoisotopic (exact) mass is 290 g/mol. The zero-order valence-electron chi connectivity index (χ0n) is 13.0. The van der Waals surface area contributed by atoms with Crippen LogP contribution in [0.15, 0.2) is 24.3 Å². The number of anilines is 1. The van der Waals surface area contributed by atoms with E-state index in [2.05, 4.69) is 0 Å². The first kappa shape index (κ1) is 15.8. The fraction of sp³-hybridized carbons (Fsp3) is 0.588. The van der Waals surface area contributed by atoms with Crippen molar-refractivity contribution in [3.05, 3.63) is 29.8 Å². The molecule has 4 heteroatoms. The van der Waals surface area contributed by atoms with Crippen molar-refractivity contribution in [3.8, 4) is 0 Å². The predicted molar refractivity (Wildman–Crippen MR) is 84.9 cm³/mol. The molecule has 1 fully saturated rings. The summed E-state index contributed by atoms with van der Waals surface area (Å²) in [6.07, 6.45) is 3.99. The Morgan fingerprint density at radius 3 is 2.43 bits per heavy atom. The van der Waals surface area contributed by atoms with Crippen LogP contribution in [-0.4, -0.2) is 35.1 Å². The number of hydrogen-bond donors (Lipinski definition) is 2. The van der Waals surface area contributed by atoms with E-state index in [-0.39, 0.29) is 12.5 Å². The molecule has 0 aliphatic heterocycles. The van der Waals surface area contributed by atoms with Crippen LogP contribution in [-0.2, 0) is 10.2 Å². The van der Waals surface area contributed by atoms with Crippen LogP contribution in [0.2, 0.25) is 0 Å². The second-order valence-electron chi connectivity index (χ2n) is 6.41. The van der Waals surface area contributed by atoms with Crippen LogP contribution in [0.25, 0.3) is 0 Å². The van der Waals surface area contributed by atoms with Crippen LogP contribution in [0, 0.1) is 0 Å². The zero-order valence-corrected chi connectivity index (χ0v) is 13.0. The normalized spacial score (nSPS) is 15.6. The van der Waals surface area contributed by atoms with Crippen LogP contribution >= 0.6 is 0 Å². The number of hydrogen-bond acceptors (Lipinski definition) is 3. The number of nitrogens with zero attached hydrogens (tertiary/aromatic N) is 1. The van der Waals surface area contributed by atoms with Gasteiger partial charge in [0, 0.05) is 24.9 Å². The Bertz CT molecular complexity index is 478. The molecule has 1 saturated carbocycles. The summed E-state index contributed by atoms with van der Waals surface area (Å²) in [5.74, 6) is 0.144. The molecule has 21 heavy (non-hydrogen) atoms. The lowest BCUT2D eigenvalue weighted by molar-refractivity contribution is -0.140. The van der Waals surface area contributed by atoms with Crippen molar-refractivity contribution in [2.75, 3.05) is 18.9 Å². The molecular weight excluding hydrogens is 264 g/mol. The Hall–Kier alpha value is -1.55. The Kier molecular flexibility index (Phi) is 4.88. The smallest absolute Gasteiger partial charge is 0.232 e. The van der Waals surface area contributed by atoms with Gasteiger partial charge in [0.1, 0.15) is 0 Å². The Labute approximate surface area is 126 Å². The van der Waals surface area contributed by atoms with E-state index in [9.17, 15) is 4.79 Å². The van der Waals surface area contributed by atoms with Gasteiger partial charge >= 0.3 is 0 Å². The number of amides is 1. The third-order valence-corrected chi connectivity index (χ3v) is 4.50. The largest absolute Gasteiger partial charge is 0.399 e. The quantitative estimate of drug-likeness (QED) is 0.790. The Balaban J connectivity index is 2.18. The molecule has 0 atom stereocenters. The molecule has 1 aliphatic carbocycles. The van der Waals surface area contributed by atoms with Gasteiger partial charge in [-0.25, -0.2) is 0 Å². The fourth-order valence-corrected chi connectivity index (χ4v) is 2.77. The summed E-state index contributed by atoms with van der Waals surface area (Å²) in [6, 6.07) is 7.88. The number of rotatable bonds is 6. The molecule has 0 heterocycles. The van der Waals surface area contributed by atoms with Crippen molar-refractivity contribution < 1.29 is 9.90 Å². The molecule has 0 radical (unpaired) electrons. The minimum atomic E-state index is -0.571. The van der Waals surface area contributed by atoms with Gasteiger partial charge < -0.3 is 15.7 Å². The summed E-state index contributed by atoms with van der Waals surface area (Å²) in [4.78, 5) is 15.0. The first-order chi connectivity index (χ1) is 9.96. The van der Waals surface area contributed by atoms with Crippen LogP contribution in [0.5, 0.6) is 0 Å². The average molecular weight is 290 g/mol. The first-order valence-corrected chi connectivity index (χ1v) is 7.74. The van der Waals surface area contributed by atoms with Gasteiger partial charge in [0.15, 0.2) is 0 Å². The molecule has 0 spiro atoms. The molecule has 2 rings (SSSR count). The lowest BCUT2D eigenvalue weighted by Gasteiger charge is -2.41. The molecule has 0 saturated heterocycles. The van der Waals surface area contributed by atoms with Gasteiger partial charge in [0.25, 0.3) is 0 Å². The minimum absolute atomic E-state index is 0.124. The molecule has 1 aromatic carbocycles. The number of nitrogens with two attached hydrogens (primary N) is 1. The van der Waals surface area contributed by atoms with Crippen molar-refractivity contribution in [3.63, 3.8) is 0 Å². The molecule has 1 amide bonds. The summed E-state index contributed by atoms with van der Waals surface area (Å²) >= 11 is 0. The van der Waals surface area contributed by atoms with Crippen molar-refractivity contribution in [1.82, 2.24) is 4.90 Å². The van der Waals surface area contributed by atoms with E-state index in [1.54, 1.807) is 0 Å². The lowest BCUT2D eigenvalue weighted by Crippen LogP contribution is -2.51. The topological polar surface area (TPSA) is 66.6 Å². The van der Waals surface area contributed by atoms with E-state index in [0.717, 1.165) is 18.4 Å². The minimum Gasteiger partial charge on any atom is -0.399 e. The molecule has 0 unspecified atom stereocenters. The van der Waals surface area contributed by atoms with Gasteiger partial charge in [-0.05, 0) is 57.2 Å². The zero-order chi connectivity index (χ0) is 15.5. The Morgan fingerprint density at radius 2 is 1.95 bits per heavy atom. The second kappa shape index (κ2) is 6.48. The standard InChI is InChI=1S/C17H26N2O2/c1-17(2,13-7-9-14(18)10-8-13)16(21)19(11-4-12-20)15-5-3-6-15/h7-10,15,20H,3-6,11-12,18H2,1-2H3. The van der Waals surface area contributed by atoms with Crippen molar-refractivity contribution in [1.29, 1.82) is 0 Å². The third kappa shape index (κ3) is 3.38. The van der Waals surface area contributed by atoms with E-state index in [1.165, 1.54) is 6.42 Å². The highest BCUT2D eigenvalue weighted by Gasteiger charge is 2.38. The molecular formula is C17H26N2O2. The summed E-state index contributed by atoms with van der Waals surface area (Å²) in [5, 5.41) is 9.07. The number of aliphatic hydroxyl groups excluding tert-OH is 1. The highest BCUT2D eigenvalue weighted by atomic mass is 16.3. The lowest BCUT2D eigenvalue weighted by atomic mass is 9.81. The summed E-state index contributed by atoms with van der Waals surface area (Å²) < 4.78 is 0. The summed E-state index contributed by atoms with van der Waals surface area (Å²) in [5.41, 5.74) is 6.84. The predicted octanol–water partition coefficient (Wildman–Crippen LogP) is 2.31. The number of aliphatic hydroxyl groups is 1. The number of carbonyl (C=O) groups excluding carboxylic acids is 1. The summed E-state index contributed by atoms with van der Waals surface area (Å²) in [6.45, 7) is 4.69. The SMILES string of the molecule is CC(C)(C(=O)N(CCCO)C1CCC1)c1ccc(N)cc1. The van der Waals surface area contributed by atoms with Crippen LogP contribution in [0.3, 0.4) is 0 Å². The van der Waals surface area contributed by atoms with E-state index in [0.29, 0.717) is 24.7 Å². The maximum Gasteiger partial charge on any atom is 0.232 e. The van der Waals surface area contributed by atoms with Crippen LogP contribution in [0.4, 0.5) is 5.69 Å². The van der Waals surface area contributed by atoms with Gasteiger partial charge in [-0.3, -0.25) is 4.79 Å². The van der Waals surface area contributed by atoms with Crippen LogP contribution < -0.4 is 5.73 Å². The maximum absolute atomic E-state index is 13.0.